The highest BCUT2D eigenvalue weighted by atomic mass is 35.5. The van der Waals surface area contributed by atoms with Crippen molar-refractivity contribution >= 4 is 29.5 Å². The molecule has 2 heterocycles. The topological polar surface area (TPSA) is 96.2 Å². The fraction of sp³-hybridized carbons (Fsp3) is 0.444. The average Bonchev–Trinajstić information content (AvgIpc) is 2.90. The maximum atomic E-state index is 13.8. The second-order valence-corrected chi connectivity index (χ2v) is 10.2. The molecule has 2 saturated heterocycles. The highest BCUT2D eigenvalue weighted by Crippen LogP contribution is 2.32. The summed E-state index contributed by atoms with van der Waals surface area (Å²) in [5.74, 6) is -1.66. The van der Waals surface area contributed by atoms with E-state index in [9.17, 15) is 31.9 Å². The number of carbonyl (C=O) groups is 3. The van der Waals surface area contributed by atoms with E-state index in [2.05, 4.69) is 0 Å². The Morgan fingerprint density at radius 2 is 1.80 bits per heavy atom. The van der Waals surface area contributed by atoms with E-state index in [1.54, 1.807) is 29.2 Å². The zero-order valence-electron chi connectivity index (χ0n) is 21.5. The van der Waals surface area contributed by atoms with E-state index in [-0.39, 0.29) is 43.4 Å². The summed E-state index contributed by atoms with van der Waals surface area (Å²) in [7, 11) is 0. The van der Waals surface area contributed by atoms with Crippen LogP contribution in [0.4, 0.5) is 22.4 Å². The molecule has 0 unspecified atom stereocenters. The van der Waals surface area contributed by atoms with E-state index in [1.165, 1.54) is 9.80 Å². The first kappa shape index (κ1) is 29.6. The van der Waals surface area contributed by atoms with Crippen LogP contribution in [-0.2, 0) is 33.7 Å². The van der Waals surface area contributed by atoms with Gasteiger partial charge in [0.25, 0.3) is 0 Å². The molecule has 40 heavy (non-hydrogen) atoms. The maximum absolute atomic E-state index is 13.8. The molecule has 0 spiro atoms. The second kappa shape index (κ2) is 12.4. The first-order chi connectivity index (χ1) is 19.0. The molecular weight excluding hydrogens is 556 g/mol. The van der Waals surface area contributed by atoms with Gasteiger partial charge in [0.2, 0.25) is 11.8 Å². The molecule has 8 nitrogen and oxygen atoms in total. The van der Waals surface area contributed by atoms with Gasteiger partial charge < -0.3 is 20.3 Å². The number of fused-ring (bicyclic) bond motifs is 1. The zero-order valence-corrected chi connectivity index (χ0v) is 22.3. The Morgan fingerprint density at radius 3 is 2.48 bits per heavy atom. The summed E-state index contributed by atoms with van der Waals surface area (Å²) in [6.45, 7) is 0.0298. The molecule has 2 aromatic carbocycles. The number of carbonyl (C=O) groups excluding carboxylic acids is 3. The van der Waals surface area contributed by atoms with Crippen molar-refractivity contribution in [3.8, 4) is 0 Å². The highest BCUT2D eigenvalue weighted by Gasteiger charge is 2.48. The van der Waals surface area contributed by atoms with E-state index in [1.807, 2.05) is 0 Å². The number of hydrogen-bond donors (Lipinski definition) is 1. The summed E-state index contributed by atoms with van der Waals surface area (Å²) in [5.41, 5.74) is 5.05. The van der Waals surface area contributed by atoms with Crippen molar-refractivity contribution in [3.05, 3.63) is 70.0 Å². The molecule has 216 valence electrons. The maximum Gasteiger partial charge on any atom is 0.416 e. The second-order valence-electron chi connectivity index (χ2n) is 9.77. The molecule has 3 amide bonds. The molecule has 0 bridgehead atoms. The van der Waals surface area contributed by atoms with Crippen LogP contribution in [0, 0.1) is 5.82 Å². The lowest BCUT2D eigenvalue weighted by Gasteiger charge is -2.52. The number of rotatable bonds is 8. The minimum absolute atomic E-state index is 0.00567. The number of amides is 3. The fourth-order valence-electron chi connectivity index (χ4n) is 5.03. The molecular formula is C27H29ClF4N4O4. The van der Waals surface area contributed by atoms with Crippen molar-refractivity contribution in [1.82, 2.24) is 14.7 Å². The lowest BCUT2D eigenvalue weighted by molar-refractivity contribution is -0.169. The number of alkyl halides is 3. The van der Waals surface area contributed by atoms with Crippen LogP contribution in [0.5, 0.6) is 0 Å². The lowest BCUT2D eigenvalue weighted by Crippen LogP contribution is -2.71. The van der Waals surface area contributed by atoms with E-state index in [0.717, 1.165) is 11.6 Å². The first-order valence-electron chi connectivity index (χ1n) is 12.8. The molecule has 2 fully saturated rings. The summed E-state index contributed by atoms with van der Waals surface area (Å²) in [6, 6.07) is 8.05. The van der Waals surface area contributed by atoms with E-state index in [4.69, 9.17) is 22.1 Å². The molecule has 13 heteroatoms. The number of benzene rings is 2. The molecule has 2 aliphatic rings. The van der Waals surface area contributed by atoms with Crippen LogP contribution >= 0.6 is 11.6 Å². The largest absolute Gasteiger partial charge is 0.444 e. The molecule has 0 radical (unpaired) electrons. The number of unbranched alkanes of at least 4 members (excludes halogenated alkanes) is 1. The third-order valence-corrected chi connectivity index (χ3v) is 7.20. The normalized spacial score (nSPS) is 19.6. The first-order valence-corrected chi connectivity index (χ1v) is 13.2. The Morgan fingerprint density at radius 1 is 1.07 bits per heavy atom. The third-order valence-electron chi connectivity index (χ3n) is 6.95. The molecule has 2 aliphatic heterocycles. The van der Waals surface area contributed by atoms with Crippen LogP contribution < -0.4 is 5.73 Å². The van der Waals surface area contributed by atoms with Gasteiger partial charge in [0.05, 0.1) is 12.1 Å². The number of halogens is 5. The number of nitrogens with two attached hydrogens (primary N) is 1. The SMILES string of the molecule is NCCCC[C@H]1C(=O)N(Cc2ccc(Cl)cc2)C[C@@H]2N(C(=O)OCc3cc(F)cc(C(F)(F)F)c3)CCC(=O)N21. The van der Waals surface area contributed by atoms with Crippen LogP contribution in [0.2, 0.25) is 5.02 Å². The Kier molecular flexibility index (Phi) is 9.19. The monoisotopic (exact) mass is 584 g/mol. The van der Waals surface area contributed by atoms with Gasteiger partial charge in [-0.2, -0.15) is 13.2 Å². The minimum atomic E-state index is -4.77. The number of hydrogen-bond acceptors (Lipinski definition) is 5. The van der Waals surface area contributed by atoms with Gasteiger partial charge in [0, 0.05) is 24.5 Å². The standard InChI is InChI=1S/C27H29ClF4N4O4/c28-20-6-4-17(5-7-20)14-34-15-23-35(10-8-24(37)36(23)22(25(34)38)3-1-2-9-33)26(39)40-16-18-11-19(27(30,31)32)13-21(29)12-18/h4-7,11-13,22-23H,1-3,8-10,14-16,33H2/t22-,23+/m0/s1. The van der Waals surface area contributed by atoms with Gasteiger partial charge in [-0.1, -0.05) is 23.7 Å². The molecule has 2 atom stereocenters. The van der Waals surface area contributed by atoms with Crippen molar-refractivity contribution in [1.29, 1.82) is 0 Å². The van der Waals surface area contributed by atoms with E-state index in [0.29, 0.717) is 43.0 Å². The van der Waals surface area contributed by atoms with Gasteiger partial charge in [0.15, 0.2) is 0 Å². The van der Waals surface area contributed by atoms with Crippen LogP contribution in [0.3, 0.4) is 0 Å². The van der Waals surface area contributed by atoms with E-state index < -0.39 is 42.5 Å². The highest BCUT2D eigenvalue weighted by molar-refractivity contribution is 6.30. The summed E-state index contributed by atoms with van der Waals surface area (Å²) >= 11 is 5.98. The summed E-state index contributed by atoms with van der Waals surface area (Å²) in [5, 5.41) is 0.534. The number of piperazine rings is 1. The van der Waals surface area contributed by atoms with Crippen molar-refractivity contribution < 1.29 is 36.7 Å². The Balaban J connectivity index is 1.55. The Bertz CT molecular complexity index is 1240. The van der Waals surface area contributed by atoms with Crippen molar-refractivity contribution in [2.24, 2.45) is 5.73 Å². The molecule has 2 aromatic rings. The van der Waals surface area contributed by atoms with Crippen molar-refractivity contribution in [3.63, 3.8) is 0 Å². The summed E-state index contributed by atoms with van der Waals surface area (Å²) in [6.07, 6.45) is -4.97. The van der Waals surface area contributed by atoms with Gasteiger partial charge in [-0.05, 0) is 67.3 Å². The number of nitrogens with zero attached hydrogens (tertiary/aromatic N) is 3. The van der Waals surface area contributed by atoms with Crippen LogP contribution in [0.15, 0.2) is 42.5 Å². The molecule has 0 saturated carbocycles. The smallest absolute Gasteiger partial charge is 0.416 e. The minimum Gasteiger partial charge on any atom is -0.444 e. The zero-order chi connectivity index (χ0) is 29.0. The molecule has 0 aromatic heterocycles. The Labute approximate surface area is 233 Å². The fourth-order valence-corrected chi connectivity index (χ4v) is 5.16. The van der Waals surface area contributed by atoms with Gasteiger partial charge in [-0.3, -0.25) is 14.5 Å². The van der Waals surface area contributed by atoms with Crippen LogP contribution in [0.1, 0.15) is 42.4 Å². The van der Waals surface area contributed by atoms with Gasteiger partial charge >= 0.3 is 12.3 Å². The Hall–Kier alpha value is -3.38. The van der Waals surface area contributed by atoms with Gasteiger partial charge in [-0.25, -0.2) is 9.18 Å². The summed E-state index contributed by atoms with van der Waals surface area (Å²) < 4.78 is 58.3. The van der Waals surface area contributed by atoms with Gasteiger partial charge in [0.1, 0.15) is 24.6 Å². The quantitative estimate of drug-likeness (QED) is 0.363. The van der Waals surface area contributed by atoms with Crippen molar-refractivity contribution in [2.45, 2.75) is 57.2 Å². The number of ether oxygens (including phenoxy) is 1. The van der Waals surface area contributed by atoms with Gasteiger partial charge in [-0.15, -0.1) is 0 Å². The van der Waals surface area contributed by atoms with E-state index >= 15 is 0 Å². The predicted molar refractivity (Wildman–Crippen MR) is 137 cm³/mol. The van der Waals surface area contributed by atoms with Crippen LogP contribution in [-0.4, -0.2) is 64.4 Å². The van der Waals surface area contributed by atoms with Crippen LogP contribution in [0.25, 0.3) is 0 Å². The average molecular weight is 585 g/mol. The van der Waals surface area contributed by atoms with Crippen molar-refractivity contribution in [2.75, 3.05) is 19.6 Å². The lowest BCUT2D eigenvalue weighted by atomic mass is 9.98. The molecule has 4 rings (SSSR count). The molecule has 2 N–H and O–H groups in total. The third kappa shape index (κ3) is 6.84. The summed E-state index contributed by atoms with van der Waals surface area (Å²) in [4.78, 5) is 44.0. The molecule has 0 aliphatic carbocycles. The predicted octanol–water partition coefficient (Wildman–Crippen LogP) is 4.53.